The maximum atomic E-state index is 15.6. The molecular weight excluding hydrogens is 440 g/mol. The van der Waals surface area contributed by atoms with Gasteiger partial charge in [-0.05, 0) is 46.3 Å². The number of halogens is 2. The molecule has 2 N–H and O–H groups in total. The van der Waals surface area contributed by atoms with Gasteiger partial charge in [-0.3, -0.25) is 0 Å². The highest BCUT2D eigenvalue weighted by Crippen LogP contribution is 2.39. The van der Waals surface area contributed by atoms with Gasteiger partial charge < -0.3 is 5.32 Å². The highest BCUT2D eigenvalue weighted by Gasteiger charge is 2.41. The van der Waals surface area contributed by atoms with Crippen LogP contribution in [0.4, 0.5) is 14.5 Å². The minimum Gasteiger partial charge on any atom is -0.385 e. The molecule has 0 amide bonds. The van der Waals surface area contributed by atoms with Gasteiger partial charge >= 0.3 is 15.9 Å². The van der Waals surface area contributed by atoms with Crippen molar-refractivity contribution in [1.82, 2.24) is 24.9 Å². The summed E-state index contributed by atoms with van der Waals surface area (Å²) >= 11 is 0. The van der Waals surface area contributed by atoms with Crippen LogP contribution >= 0.6 is 0 Å². The molecule has 3 aromatic heterocycles. The van der Waals surface area contributed by atoms with Crippen molar-refractivity contribution >= 4 is 21.4 Å². The van der Waals surface area contributed by atoms with Gasteiger partial charge in [-0.1, -0.05) is 13.0 Å². The zero-order valence-corrected chi connectivity index (χ0v) is 18.1. The lowest BCUT2D eigenvalue weighted by molar-refractivity contribution is -0.574. The first kappa shape index (κ1) is 20.5. The Balaban J connectivity index is 1.59. The van der Waals surface area contributed by atoms with Crippen LogP contribution < -0.4 is 9.40 Å². The van der Waals surface area contributed by atoms with E-state index in [-0.39, 0.29) is 22.8 Å². The van der Waals surface area contributed by atoms with Crippen LogP contribution in [0.15, 0.2) is 42.7 Å². The van der Waals surface area contributed by atoms with Gasteiger partial charge in [-0.2, -0.15) is 31.9 Å². The summed E-state index contributed by atoms with van der Waals surface area (Å²) in [5, 5.41) is 17.7. The summed E-state index contributed by atoms with van der Waals surface area (Å²) in [6.07, 6.45) is 4.65. The third-order valence-corrected chi connectivity index (χ3v) is 6.56. The Kier molecular flexibility index (Phi) is 4.52. The van der Waals surface area contributed by atoms with E-state index in [1.807, 2.05) is 6.92 Å². The largest absolute Gasteiger partial charge is 0.387 e. The molecule has 0 saturated heterocycles. The summed E-state index contributed by atoms with van der Waals surface area (Å²) in [5.41, 5.74) is 2.37. The van der Waals surface area contributed by atoms with Gasteiger partial charge in [0, 0.05) is 17.8 Å². The Morgan fingerprint density at radius 1 is 1.22 bits per heavy atom. The van der Waals surface area contributed by atoms with Gasteiger partial charge in [-0.25, -0.2) is 0 Å². The van der Waals surface area contributed by atoms with Crippen LogP contribution in [0.3, 0.4) is 0 Å². The molecule has 0 spiro atoms. The Hall–Kier alpha value is -3.41. The van der Waals surface area contributed by atoms with Crippen LogP contribution in [-0.4, -0.2) is 46.1 Å². The average Bonchev–Trinajstić information content (AvgIpc) is 3.41. The van der Waals surface area contributed by atoms with Crippen molar-refractivity contribution in [3.63, 3.8) is 0 Å². The molecule has 0 saturated carbocycles. The van der Waals surface area contributed by atoms with Crippen LogP contribution in [0.5, 0.6) is 0 Å². The molecule has 0 fully saturated rings. The number of anilines is 1. The van der Waals surface area contributed by atoms with E-state index in [2.05, 4.69) is 25.7 Å². The predicted molar refractivity (Wildman–Crippen MR) is 112 cm³/mol. The molecule has 9 nitrogen and oxygen atoms in total. The Morgan fingerprint density at radius 3 is 2.78 bits per heavy atom. The first-order chi connectivity index (χ1) is 15.1. The van der Waals surface area contributed by atoms with Crippen molar-refractivity contribution in [2.45, 2.75) is 25.2 Å². The van der Waals surface area contributed by atoms with E-state index >= 15 is 8.78 Å². The molecule has 0 radical (unpaired) electrons. The number of aromatic amines is 1. The highest BCUT2D eigenvalue weighted by molar-refractivity contribution is 7.84. The fraction of sp³-hybridized carbons (Fsp3) is 0.300. The van der Waals surface area contributed by atoms with Gasteiger partial charge in [0.05, 0.1) is 17.5 Å². The molecule has 5 rings (SSSR count). The Labute approximate surface area is 182 Å². The van der Waals surface area contributed by atoms with E-state index in [1.165, 1.54) is 30.6 Å². The van der Waals surface area contributed by atoms with Gasteiger partial charge in [0.25, 0.3) is 0 Å². The smallest absolute Gasteiger partial charge is 0.385 e. The summed E-state index contributed by atoms with van der Waals surface area (Å²) in [5.74, 6) is -3.89. The quantitative estimate of drug-likeness (QED) is 0.453. The van der Waals surface area contributed by atoms with Crippen molar-refractivity contribution in [2.24, 2.45) is 0 Å². The van der Waals surface area contributed by atoms with E-state index in [0.29, 0.717) is 5.56 Å². The zero-order valence-electron chi connectivity index (χ0n) is 17.2. The van der Waals surface area contributed by atoms with Crippen molar-refractivity contribution in [3.8, 4) is 11.3 Å². The monoisotopic (exact) mass is 460 g/mol. The number of hydrogen-bond acceptors (Lipinski definition) is 6. The topological polar surface area (TPSA) is 109 Å². The molecule has 0 bridgehead atoms. The number of H-pyrrole nitrogens is 1. The van der Waals surface area contributed by atoms with E-state index in [0.717, 1.165) is 39.1 Å². The molecule has 4 heterocycles. The van der Waals surface area contributed by atoms with Crippen LogP contribution in [-0.2, 0) is 15.9 Å². The molecule has 32 heavy (non-hydrogen) atoms. The molecule has 1 aliphatic heterocycles. The van der Waals surface area contributed by atoms with Crippen molar-refractivity contribution < 1.29 is 21.3 Å². The number of nitrogens with zero attached hydrogens (tertiary/aromatic N) is 5. The van der Waals surface area contributed by atoms with E-state index in [4.69, 9.17) is 0 Å². The fourth-order valence-electron chi connectivity index (χ4n) is 3.84. The van der Waals surface area contributed by atoms with E-state index in [1.54, 1.807) is 12.1 Å². The second-order valence-electron chi connectivity index (χ2n) is 7.92. The molecule has 1 atom stereocenters. The molecular formula is C20H20F2N7O2S+. The van der Waals surface area contributed by atoms with E-state index < -0.39 is 21.8 Å². The van der Waals surface area contributed by atoms with Crippen LogP contribution in [0.2, 0.25) is 0 Å². The molecule has 4 aromatic rings. The first-order valence-corrected chi connectivity index (χ1v) is 11.8. The number of fused-ring (bicyclic) bond motifs is 2. The van der Waals surface area contributed by atoms with E-state index in [9.17, 15) is 8.42 Å². The lowest BCUT2D eigenvalue weighted by Crippen LogP contribution is -2.42. The summed E-state index contributed by atoms with van der Waals surface area (Å²) in [4.78, 5) is 0. The molecule has 166 valence electrons. The van der Waals surface area contributed by atoms with Crippen molar-refractivity contribution in [1.29, 1.82) is 0 Å². The number of aromatic nitrogens is 6. The second-order valence-corrected chi connectivity index (χ2v) is 9.78. The minimum absolute atomic E-state index is 0.156. The lowest BCUT2D eigenvalue weighted by Gasteiger charge is -2.25. The van der Waals surface area contributed by atoms with Crippen LogP contribution in [0, 0.1) is 0 Å². The highest BCUT2D eigenvalue weighted by atomic mass is 32.2. The van der Waals surface area contributed by atoms with Gasteiger partial charge in [0.1, 0.15) is 6.26 Å². The van der Waals surface area contributed by atoms with Crippen LogP contribution in [0.25, 0.3) is 16.9 Å². The fourth-order valence-corrected chi connectivity index (χ4v) is 4.39. The summed E-state index contributed by atoms with van der Waals surface area (Å²) in [6.45, 7) is 2.82. The van der Waals surface area contributed by atoms with Gasteiger partial charge in [0.15, 0.2) is 5.65 Å². The summed E-state index contributed by atoms with van der Waals surface area (Å²) in [6, 6.07) is 7.63. The average molecular weight is 460 g/mol. The third kappa shape index (κ3) is 3.30. The number of benzene rings is 1. The lowest BCUT2D eigenvalue weighted by atomic mass is 9.90. The summed E-state index contributed by atoms with van der Waals surface area (Å²) in [7, 11) is -3.52. The third-order valence-electron chi connectivity index (χ3n) is 5.64. The van der Waals surface area contributed by atoms with Crippen molar-refractivity contribution in [2.75, 3.05) is 18.1 Å². The maximum Gasteiger partial charge on any atom is 0.387 e. The Morgan fingerprint density at radius 2 is 2.03 bits per heavy atom. The van der Waals surface area contributed by atoms with Crippen LogP contribution in [0.1, 0.15) is 36.2 Å². The number of hydrogen-bond donors (Lipinski definition) is 2. The SMILES string of the molecule is CC1CCNc2ccc(C(F)(F)c3nnc4ccc(-c5c[nH][n+](S(C)(=O)=O)c5)nn34)cc21. The van der Waals surface area contributed by atoms with Gasteiger partial charge in [-0.15, -0.1) is 10.2 Å². The maximum absolute atomic E-state index is 15.6. The number of alkyl halides is 2. The molecule has 12 heteroatoms. The molecule has 0 aliphatic carbocycles. The Bertz CT molecular complexity index is 1450. The minimum atomic E-state index is -3.52. The zero-order chi connectivity index (χ0) is 22.7. The molecule has 1 aliphatic rings. The van der Waals surface area contributed by atoms with Gasteiger partial charge in [0.2, 0.25) is 12.0 Å². The number of nitrogens with one attached hydrogen (secondary N) is 2. The normalized spacial score (nSPS) is 16.7. The van der Waals surface area contributed by atoms with Crippen molar-refractivity contribution in [3.05, 3.63) is 59.7 Å². The standard InChI is InChI=1S/C20H19F2N7O2S/c1-12-7-8-23-17-4-3-14(9-15(12)17)20(21,22)19-26-25-18-6-5-16(27-29(18)19)13-10-24-28(11-13)32(2,30)31/h3-6,9-12,23H,7-8H2,1-2H3/p+1. The predicted octanol–water partition coefficient (Wildman–Crippen LogP) is 2.27. The second kappa shape index (κ2) is 7.05. The number of rotatable bonds is 4. The summed E-state index contributed by atoms with van der Waals surface area (Å²) < 4.78 is 56.4. The first-order valence-electron chi connectivity index (χ1n) is 9.94. The molecule has 1 unspecified atom stereocenters. The molecule has 1 aromatic carbocycles.